The van der Waals surface area contributed by atoms with Crippen LogP contribution in [-0.4, -0.2) is 73.5 Å². The van der Waals surface area contributed by atoms with Gasteiger partial charge in [-0.1, -0.05) is 23.7 Å². The molecular formula is C19H27ClN5O3+. The highest BCUT2D eigenvalue weighted by atomic mass is 35.5. The quantitative estimate of drug-likeness (QED) is 0.643. The first-order valence-electron chi connectivity index (χ1n) is 9.65. The highest BCUT2D eigenvalue weighted by Gasteiger charge is 2.33. The molecular weight excluding hydrogens is 382 g/mol. The number of anilines is 1. The Balaban J connectivity index is 1.45. The first kappa shape index (κ1) is 20.4. The van der Waals surface area contributed by atoms with Crippen molar-refractivity contribution in [3.8, 4) is 0 Å². The van der Waals surface area contributed by atoms with Gasteiger partial charge in [-0.3, -0.25) is 9.59 Å². The number of amides is 4. The summed E-state index contributed by atoms with van der Waals surface area (Å²) in [6.45, 7) is 4.02. The number of hydrogen-bond donors (Lipinski definition) is 3. The van der Waals surface area contributed by atoms with E-state index in [1.807, 2.05) is 17.0 Å². The van der Waals surface area contributed by atoms with Crippen LogP contribution in [0.4, 0.5) is 10.5 Å². The van der Waals surface area contributed by atoms with Gasteiger partial charge in [0.25, 0.3) is 5.91 Å². The van der Waals surface area contributed by atoms with E-state index in [4.69, 9.17) is 17.3 Å². The van der Waals surface area contributed by atoms with Crippen molar-refractivity contribution in [3.63, 3.8) is 0 Å². The average Bonchev–Trinajstić information content (AvgIpc) is 2.70. The van der Waals surface area contributed by atoms with Crippen LogP contribution in [0.2, 0.25) is 5.02 Å². The molecule has 152 valence electrons. The van der Waals surface area contributed by atoms with Crippen LogP contribution in [0.3, 0.4) is 0 Å². The fraction of sp³-hybridized carbons (Fsp3) is 0.526. The number of rotatable bonds is 4. The Hall–Kier alpha value is -2.32. The monoisotopic (exact) mass is 408 g/mol. The number of urea groups is 1. The van der Waals surface area contributed by atoms with Crippen molar-refractivity contribution < 1.29 is 19.3 Å². The minimum atomic E-state index is -0.462. The molecule has 0 unspecified atom stereocenters. The first-order chi connectivity index (χ1) is 13.4. The largest absolute Gasteiger partial charge is 0.351 e. The predicted octanol–water partition coefficient (Wildman–Crippen LogP) is -0.204. The minimum Gasteiger partial charge on any atom is -0.351 e. The molecule has 0 spiro atoms. The molecule has 0 saturated carbocycles. The molecule has 0 bridgehead atoms. The van der Waals surface area contributed by atoms with Crippen molar-refractivity contribution in [2.45, 2.75) is 12.8 Å². The Morgan fingerprint density at radius 2 is 1.86 bits per heavy atom. The average molecular weight is 409 g/mol. The highest BCUT2D eigenvalue weighted by Crippen LogP contribution is 2.20. The number of benzene rings is 1. The molecule has 2 fully saturated rings. The van der Waals surface area contributed by atoms with Crippen molar-refractivity contribution >= 4 is 35.1 Å². The molecule has 0 radical (unpaired) electrons. The van der Waals surface area contributed by atoms with Gasteiger partial charge in [0.2, 0.25) is 5.91 Å². The Morgan fingerprint density at radius 1 is 1.14 bits per heavy atom. The summed E-state index contributed by atoms with van der Waals surface area (Å²) in [6.07, 6.45) is 1.59. The fourth-order valence-corrected chi connectivity index (χ4v) is 4.02. The van der Waals surface area contributed by atoms with Gasteiger partial charge >= 0.3 is 6.03 Å². The summed E-state index contributed by atoms with van der Waals surface area (Å²) in [4.78, 5) is 41.0. The van der Waals surface area contributed by atoms with E-state index in [0.717, 1.165) is 17.7 Å². The number of nitrogens with zero attached hydrogens (tertiary/aromatic N) is 2. The molecule has 4 N–H and O–H groups in total. The molecule has 2 saturated heterocycles. The maximum Gasteiger partial charge on any atom is 0.314 e. The maximum absolute atomic E-state index is 12.8. The molecule has 2 aliphatic rings. The van der Waals surface area contributed by atoms with Crippen LogP contribution < -0.4 is 16.0 Å². The second-order valence-electron chi connectivity index (χ2n) is 7.40. The van der Waals surface area contributed by atoms with Gasteiger partial charge in [-0.15, -0.1) is 0 Å². The standard InChI is InChI=1S/C19H26ClN5O3/c20-15-5-1-2-6-16(15)22-17(26)13-23-8-10-24(11-9-23)18(27)14-4-3-7-25(12-14)19(21)28/h1-2,5-6,14H,3-4,7-13H2,(H2,21,28)(H,22,26)/p+1/t14-/m1/s1. The molecule has 1 aromatic rings. The zero-order valence-corrected chi connectivity index (χ0v) is 16.6. The lowest BCUT2D eigenvalue weighted by Crippen LogP contribution is -3.15. The first-order valence-corrected chi connectivity index (χ1v) is 10.0. The summed E-state index contributed by atoms with van der Waals surface area (Å²) in [5.41, 5.74) is 5.96. The zero-order valence-electron chi connectivity index (χ0n) is 15.8. The van der Waals surface area contributed by atoms with Crippen LogP contribution in [0, 0.1) is 5.92 Å². The summed E-state index contributed by atoms with van der Waals surface area (Å²) in [7, 11) is 0. The summed E-state index contributed by atoms with van der Waals surface area (Å²) in [6, 6.07) is 6.68. The number of quaternary nitrogens is 1. The number of piperazine rings is 1. The van der Waals surface area contributed by atoms with Crippen molar-refractivity contribution in [1.29, 1.82) is 0 Å². The Kier molecular flexibility index (Phi) is 6.74. The summed E-state index contributed by atoms with van der Waals surface area (Å²) >= 11 is 6.07. The van der Waals surface area contributed by atoms with Crippen molar-refractivity contribution in [2.75, 3.05) is 51.1 Å². The Morgan fingerprint density at radius 3 is 2.54 bits per heavy atom. The van der Waals surface area contributed by atoms with Gasteiger partial charge < -0.3 is 25.8 Å². The molecule has 1 atom stereocenters. The minimum absolute atomic E-state index is 0.0884. The lowest BCUT2D eigenvalue weighted by Gasteiger charge is -2.37. The van der Waals surface area contributed by atoms with E-state index < -0.39 is 6.03 Å². The molecule has 8 nitrogen and oxygen atoms in total. The third-order valence-electron chi connectivity index (χ3n) is 5.42. The predicted molar refractivity (Wildman–Crippen MR) is 106 cm³/mol. The molecule has 0 aliphatic carbocycles. The highest BCUT2D eigenvalue weighted by molar-refractivity contribution is 6.33. The van der Waals surface area contributed by atoms with E-state index in [2.05, 4.69) is 5.32 Å². The van der Waals surface area contributed by atoms with E-state index in [0.29, 0.717) is 56.5 Å². The normalized spacial score (nSPS) is 20.7. The number of nitrogens with two attached hydrogens (primary N) is 1. The van der Waals surface area contributed by atoms with Gasteiger partial charge in [0.05, 0.1) is 42.8 Å². The number of hydrogen-bond acceptors (Lipinski definition) is 3. The maximum atomic E-state index is 12.8. The van der Waals surface area contributed by atoms with Crippen molar-refractivity contribution in [2.24, 2.45) is 11.7 Å². The Labute approximate surface area is 169 Å². The molecule has 2 heterocycles. The molecule has 3 rings (SSSR count). The number of para-hydroxylation sites is 1. The third-order valence-corrected chi connectivity index (χ3v) is 5.75. The van der Waals surface area contributed by atoms with E-state index >= 15 is 0 Å². The fourth-order valence-electron chi connectivity index (χ4n) is 3.84. The number of carbonyl (C=O) groups is 3. The van der Waals surface area contributed by atoms with Crippen LogP contribution >= 0.6 is 11.6 Å². The van der Waals surface area contributed by atoms with Gasteiger partial charge in [0, 0.05) is 13.1 Å². The van der Waals surface area contributed by atoms with Crippen molar-refractivity contribution in [1.82, 2.24) is 9.80 Å². The third kappa shape index (κ3) is 5.14. The van der Waals surface area contributed by atoms with Crippen molar-refractivity contribution in [3.05, 3.63) is 29.3 Å². The second-order valence-corrected chi connectivity index (χ2v) is 7.81. The number of halogens is 1. The van der Waals surface area contributed by atoms with Crippen LogP contribution in [0.1, 0.15) is 12.8 Å². The molecule has 9 heteroatoms. The number of primary amides is 1. The van der Waals surface area contributed by atoms with Gasteiger partial charge in [0.15, 0.2) is 6.54 Å². The van der Waals surface area contributed by atoms with Crippen LogP contribution in [-0.2, 0) is 9.59 Å². The van der Waals surface area contributed by atoms with E-state index in [9.17, 15) is 14.4 Å². The lowest BCUT2D eigenvalue weighted by atomic mass is 9.96. The molecule has 4 amide bonds. The number of carbonyl (C=O) groups excluding carboxylic acids is 3. The van der Waals surface area contributed by atoms with Crippen LogP contribution in [0.15, 0.2) is 24.3 Å². The smallest absolute Gasteiger partial charge is 0.314 e. The summed E-state index contributed by atoms with van der Waals surface area (Å²) in [5.74, 6) is -0.177. The molecule has 1 aromatic carbocycles. The number of nitrogens with one attached hydrogen (secondary N) is 2. The second kappa shape index (κ2) is 9.25. The topological polar surface area (TPSA) is 100 Å². The van der Waals surface area contributed by atoms with Gasteiger partial charge in [-0.05, 0) is 25.0 Å². The number of piperidine rings is 1. The Bertz CT molecular complexity index is 736. The SMILES string of the molecule is NC(=O)N1CCC[C@@H](C(=O)N2CC[NH+](CC(=O)Nc3ccccc3Cl)CC2)C1. The van der Waals surface area contributed by atoms with Crippen LogP contribution in [0.5, 0.6) is 0 Å². The molecule has 0 aromatic heterocycles. The molecule has 28 heavy (non-hydrogen) atoms. The van der Waals surface area contributed by atoms with Gasteiger partial charge in [-0.25, -0.2) is 4.79 Å². The lowest BCUT2D eigenvalue weighted by molar-refractivity contribution is -0.895. The van der Waals surface area contributed by atoms with E-state index in [1.54, 1.807) is 17.0 Å². The zero-order chi connectivity index (χ0) is 20.1. The number of likely N-dealkylation sites (tertiary alicyclic amines) is 1. The van der Waals surface area contributed by atoms with Crippen LogP contribution in [0.25, 0.3) is 0 Å². The van der Waals surface area contributed by atoms with Gasteiger partial charge in [0.1, 0.15) is 0 Å². The summed E-state index contributed by atoms with van der Waals surface area (Å²) < 4.78 is 0. The summed E-state index contributed by atoms with van der Waals surface area (Å²) in [5, 5.41) is 3.35. The van der Waals surface area contributed by atoms with Gasteiger partial charge in [-0.2, -0.15) is 0 Å². The van der Waals surface area contributed by atoms with E-state index in [1.165, 1.54) is 0 Å². The molecule has 2 aliphatic heterocycles. The van der Waals surface area contributed by atoms with E-state index in [-0.39, 0.29) is 17.7 Å².